The van der Waals surface area contributed by atoms with Crippen LogP contribution in [-0.4, -0.2) is 23.9 Å². The summed E-state index contributed by atoms with van der Waals surface area (Å²) in [4.78, 5) is 25.3. The molecule has 0 atom stereocenters. The molecular formula is C19H23N3O3. The van der Waals surface area contributed by atoms with Gasteiger partial charge in [0.2, 0.25) is 0 Å². The van der Waals surface area contributed by atoms with Gasteiger partial charge in [0.25, 0.3) is 11.6 Å². The van der Waals surface area contributed by atoms with Crippen LogP contribution in [0.15, 0.2) is 42.5 Å². The third-order valence-corrected chi connectivity index (χ3v) is 4.16. The smallest absolute Gasteiger partial charge is 0.293 e. The normalized spacial score (nSPS) is 10.4. The highest BCUT2D eigenvalue weighted by atomic mass is 16.6. The number of benzene rings is 2. The van der Waals surface area contributed by atoms with E-state index in [1.54, 1.807) is 12.1 Å². The van der Waals surface area contributed by atoms with Crippen molar-refractivity contribution in [3.63, 3.8) is 0 Å². The van der Waals surface area contributed by atoms with Gasteiger partial charge in [0.05, 0.1) is 4.92 Å². The molecule has 0 saturated heterocycles. The number of nitro benzene ring substituents is 1. The summed E-state index contributed by atoms with van der Waals surface area (Å²) in [6, 6.07) is 12.1. The number of nitrogens with one attached hydrogen (secondary N) is 1. The molecule has 0 fully saturated rings. The van der Waals surface area contributed by atoms with E-state index < -0.39 is 4.92 Å². The molecule has 0 spiro atoms. The molecule has 2 aromatic rings. The molecule has 25 heavy (non-hydrogen) atoms. The summed E-state index contributed by atoms with van der Waals surface area (Å²) in [6.45, 7) is 7.26. The molecule has 0 aliphatic heterocycles. The van der Waals surface area contributed by atoms with Crippen molar-refractivity contribution in [2.45, 2.75) is 27.2 Å². The molecule has 6 heteroatoms. The molecule has 2 rings (SSSR count). The summed E-state index contributed by atoms with van der Waals surface area (Å²) in [5, 5.41) is 14.2. The van der Waals surface area contributed by atoms with Crippen LogP contribution in [0.25, 0.3) is 0 Å². The van der Waals surface area contributed by atoms with Crippen LogP contribution in [0.2, 0.25) is 0 Å². The molecule has 6 nitrogen and oxygen atoms in total. The fraction of sp³-hybridized carbons (Fsp3) is 0.316. The standard InChI is InChI=1S/C19H23N3O3/c1-4-14-7-10-16(11-8-14)20-19(23)15-9-12-17(21(5-2)6-3)18(13-15)22(24)25/h7-13H,4-6H2,1-3H3,(H,20,23). The van der Waals surface area contributed by atoms with Gasteiger partial charge in [0.1, 0.15) is 5.69 Å². The minimum absolute atomic E-state index is 0.0577. The molecule has 1 N–H and O–H groups in total. The Morgan fingerprint density at radius 2 is 1.72 bits per heavy atom. The van der Waals surface area contributed by atoms with Crippen molar-refractivity contribution >= 4 is 23.0 Å². The first kappa shape index (κ1) is 18.4. The topological polar surface area (TPSA) is 75.5 Å². The summed E-state index contributed by atoms with van der Waals surface area (Å²) in [5.74, 6) is -0.363. The number of carbonyl (C=O) groups is 1. The van der Waals surface area contributed by atoms with Gasteiger partial charge in [-0.3, -0.25) is 14.9 Å². The van der Waals surface area contributed by atoms with Crippen LogP contribution in [-0.2, 0) is 6.42 Å². The van der Waals surface area contributed by atoms with Gasteiger partial charge >= 0.3 is 0 Å². The van der Waals surface area contributed by atoms with E-state index in [1.165, 1.54) is 11.6 Å². The van der Waals surface area contributed by atoms with Crippen LogP contribution in [0.1, 0.15) is 36.7 Å². The van der Waals surface area contributed by atoms with E-state index >= 15 is 0 Å². The maximum absolute atomic E-state index is 12.4. The fourth-order valence-electron chi connectivity index (χ4n) is 2.67. The highest BCUT2D eigenvalue weighted by Crippen LogP contribution is 2.29. The second kappa shape index (κ2) is 8.28. The Labute approximate surface area is 147 Å². The monoisotopic (exact) mass is 341 g/mol. The number of rotatable bonds is 7. The number of aryl methyl sites for hydroxylation is 1. The largest absolute Gasteiger partial charge is 0.367 e. The third kappa shape index (κ3) is 4.35. The zero-order valence-corrected chi connectivity index (χ0v) is 14.8. The molecule has 0 unspecified atom stereocenters. The lowest BCUT2D eigenvalue weighted by atomic mass is 10.1. The van der Waals surface area contributed by atoms with Crippen LogP contribution in [0, 0.1) is 10.1 Å². The molecule has 0 aliphatic carbocycles. The molecule has 0 saturated carbocycles. The van der Waals surface area contributed by atoms with Gasteiger partial charge in [-0.1, -0.05) is 19.1 Å². The first-order valence-corrected chi connectivity index (χ1v) is 8.43. The number of nitro groups is 1. The average Bonchev–Trinajstić information content (AvgIpc) is 2.63. The van der Waals surface area contributed by atoms with Gasteiger partial charge in [-0.05, 0) is 50.1 Å². The Morgan fingerprint density at radius 1 is 1.08 bits per heavy atom. The molecule has 0 bridgehead atoms. The quantitative estimate of drug-likeness (QED) is 0.603. The van der Waals surface area contributed by atoms with Gasteiger partial charge in [0.15, 0.2) is 0 Å². The summed E-state index contributed by atoms with van der Waals surface area (Å²) in [7, 11) is 0. The second-order valence-electron chi connectivity index (χ2n) is 5.64. The second-order valence-corrected chi connectivity index (χ2v) is 5.64. The molecule has 132 valence electrons. The van der Waals surface area contributed by atoms with Crippen LogP contribution in [0.4, 0.5) is 17.1 Å². The first-order chi connectivity index (χ1) is 12.0. The Hall–Kier alpha value is -2.89. The van der Waals surface area contributed by atoms with E-state index in [4.69, 9.17) is 0 Å². The van der Waals surface area contributed by atoms with Crippen LogP contribution >= 0.6 is 0 Å². The number of carbonyl (C=O) groups excluding carboxylic acids is 1. The zero-order chi connectivity index (χ0) is 18.4. The average molecular weight is 341 g/mol. The van der Waals surface area contributed by atoms with Crippen molar-refractivity contribution < 1.29 is 9.72 Å². The lowest BCUT2D eigenvalue weighted by molar-refractivity contribution is -0.384. The number of hydrogen-bond acceptors (Lipinski definition) is 4. The molecule has 0 aromatic heterocycles. The van der Waals surface area contributed by atoms with Crippen molar-refractivity contribution in [2.75, 3.05) is 23.3 Å². The molecular weight excluding hydrogens is 318 g/mol. The summed E-state index contributed by atoms with van der Waals surface area (Å²) < 4.78 is 0. The van der Waals surface area contributed by atoms with Crippen molar-refractivity contribution in [2.24, 2.45) is 0 Å². The van der Waals surface area contributed by atoms with Crippen LogP contribution in [0.5, 0.6) is 0 Å². The zero-order valence-electron chi connectivity index (χ0n) is 14.8. The summed E-state index contributed by atoms with van der Waals surface area (Å²) in [5.41, 5.74) is 2.58. The van der Waals surface area contributed by atoms with Crippen molar-refractivity contribution in [3.8, 4) is 0 Å². The highest BCUT2D eigenvalue weighted by molar-refractivity contribution is 6.05. The predicted molar refractivity (Wildman–Crippen MR) is 100 cm³/mol. The Morgan fingerprint density at radius 3 is 2.24 bits per heavy atom. The summed E-state index contributed by atoms with van der Waals surface area (Å²) in [6.07, 6.45) is 0.924. The number of anilines is 2. The van der Waals surface area contributed by atoms with Crippen LogP contribution in [0.3, 0.4) is 0 Å². The van der Waals surface area contributed by atoms with E-state index in [1.807, 2.05) is 43.0 Å². The Kier molecular flexibility index (Phi) is 6.11. The van der Waals surface area contributed by atoms with E-state index in [0.29, 0.717) is 24.5 Å². The summed E-state index contributed by atoms with van der Waals surface area (Å²) >= 11 is 0. The van der Waals surface area contributed by atoms with E-state index in [-0.39, 0.29) is 17.2 Å². The molecule has 0 aliphatic rings. The maximum atomic E-state index is 12.4. The first-order valence-electron chi connectivity index (χ1n) is 8.43. The van der Waals surface area contributed by atoms with Gasteiger partial charge in [0, 0.05) is 30.4 Å². The van der Waals surface area contributed by atoms with Crippen LogP contribution < -0.4 is 10.2 Å². The van der Waals surface area contributed by atoms with Gasteiger partial charge in [-0.15, -0.1) is 0 Å². The van der Waals surface area contributed by atoms with E-state index in [9.17, 15) is 14.9 Å². The predicted octanol–water partition coefficient (Wildman–Crippen LogP) is 4.26. The Bertz CT molecular complexity index is 753. The number of hydrogen-bond donors (Lipinski definition) is 1. The molecule has 2 aromatic carbocycles. The minimum atomic E-state index is -0.444. The Balaban J connectivity index is 2.27. The van der Waals surface area contributed by atoms with Crippen molar-refractivity contribution in [1.82, 2.24) is 0 Å². The van der Waals surface area contributed by atoms with Crippen molar-refractivity contribution in [3.05, 3.63) is 63.7 Å². The highest BCUT2D eigenvalue weighted by Gasteiger charge is 2.20. The fourth-order valence-corrected chi connectivity index (χ4v) is 2.67. The van der Waals surface area contributed by atoms with E-state index in [2.05, 4.69) is 12.2 Å². The SMILES string of the molecule is CCc1ccc(NC(=O)c2ccc(N(CC)CC)c([N+](=O)[O-])c2)cc1. The van der Waals surface area contributed by atoms with Gasteiger partial charge in [-0.2, -0.15) is 0 Å². The van der Waals surface area contributed by atoms with Gasteiger partial charge in [-0.25, -0.2) is 0 Å². The lowest BCUT2D eigenvalue weighted by Gasteiger charge is -2.21. The van der Waals surface area contributed by atoms with Crippen molar-refractivity contribution in [1.29, 1.82) is 0 Å². The van der Waals surface area contributed by atoms with Gasteiger partial charge < -0.3 is 10.2 Å². The lowest BCUT2D eigenvalue weighted by Crippen LogP contribution is -2.23. The number of amides is 1. The minimum Gasteiger partial charge on any atom is -0.367 e. The third-order valence-electron chi connectivity index (χ3n) is 4.16. The molecule has 0 radical (unpaired) electrons. The number of nitrogens with zero attached hydrogens (tertiary/aromatic N) is 2. The molecule has 1 amide bonds. The van der Waals surface area contributed by atoms with E-state index in [0.717, 1.165) is 6.42 Å². The maximum Gasteiger partial charge on any atom is 0.293 e. The molecule has 0 heterocycles.